The van der Waals surface area contributed by atoms with Gasteiger partial charge in [-0.1, -0.05) is 21.1 Å². The molecule has 2 heterocycles. The molecule has 6 heteroatoms. The summed E-state index contributed by atoms with van der Waals surface area (Å²) in [5.41, 5.74) is 2.75. The van der Waals surface area contributed by atoms with Crippen molar-refractivity contribution in [2.24, 2.45) is 0 Å². The van der Waals surface area contributed by atoms with Gasteiger partial charge in [0.15, 0.2) is 0 Å². The van der Waals surface area contributed by atoms with Crippen LogP contribution in [-0.2, 0) is 6.54 Å². The lowest BCUT2D eigenvalue weighted by Crippen LogP contribution is -2.04. The minimum Gasteiger partial charge on any atom is -0.497 e. The number of aryl methyl sites for hydroxylation is 1. The van der Waals surface area contributed by atoms with Gasteiger partial charge in [-0.25, -0.2) is 4.68 Å². The first-order valence-electron chi connectivity index (χ1n) is 5.64. The normalized spacial score (nSPS) is 12.4. The first-order chi connectivity index (χ1) is 8.58. The van der Waals surface area contributed by atoms with Crippen molar-refractivity contribution in [1.82, 2.24) is 20.0 Å². The Hall–Kier alpha value is -1.43. The molecule has 0 aliphatic heterocycles. The smallest absolute Gasteiger partial charge is 0.122 e. The Kier molecular flexibility index (Phi) is 3.96. The SMILES string of the molecule is COc1cc(C)nc(Cn2cc(C(C)Br)nn2)c1. The van der Waals surface area contributed by atoms with Crippen LogP contribution in [0.15, 0.2) is 18.3 Å². The van der Waals surface area contributed by atoms with E-state index in [1.807, 2.05) is 32.2 Å². The fourth-order valence-corrected chi connectivity index (χ4v) is 1.85. The molecule has 0 aliphatic rings. The fraction of sp³-hybridized carbons (Fsp3) is 0.417. The van der Waals surface area contributed by atoms with E-state index < -0.39 is 0 Å². The summed E-state index contributed by atoms with van der Waals surface area (Å²) in [6.07, 6.45) is 1.91. The highest BCUT2D eigenvalue weighted by atomic mass is 79.9. The molecule has 0 radical (unpaired) electrons. The number of nitrogens with zero attached hydrogens (tertiary/aromatic N) is 4. The number of hydrogen-bond donors (Lipinski definition) is 0. The molecule has 96 valence electrons. The van der Waals surface area contributed by atoms with Gasteiger partial charge in [0.25, 0.3) is 0 Å². The molecular formula is C12H15BrN4O. The maximum absolute atomic E-state index is 5.22. The summed E-state index contributed by atoms with van der Waals surface area (Å²) in [6.45, 7) is 4.55. The van der Waals surface area contributed by atoms with E-state index in [2.05, 4.69) is 31.2 Å². The zero-order valence-corrected chi connectivity index (χ0v) is 12.2. The number of alkyl halides is 1. The zero-order valence-electron chi connectivity index (χ0n) is 10.6. The third-order valence-corrected chi connectivity index (χ3v) is 2.97. The predicted molar refractivity (Wildman–Crippen MR) is 72.0 cm³/mol. The van der Waals surface area contributed by atoms with Crippen molar-refractivity contribution in [3.05, 3.63) is 35.4 Å². The second-order valence-electron chi connectivity index (χ2n) is 4.10. The number of methoxy groups -OCH3 is 1. The molecule has 2 aromatic rings. The summed E-state index contributed by atoms with van der Waals surface area (Å²) in [7, 11) is 1.65. The molecule has 0 fully saturated rings. The summed E-state index contributed by atoms with van der Waals surface area (Å²) in [4.78, 5) is 4.65. The Balaban J connectivity index is 2.19. The van der Waals surface area contributed by atoms with Crippen LogP contribution >= 0.6 is 15.9 Å². The topological polar surface area (TPSA) is 52.8 Å². The molecule has 0 saturated carbocycles. The second-order valence-corrected chi connectivity index (χ2v) is 5.47. The van der Waals surface area contributed by atoms with Gasteiger partial charge in [0.05, 0.1) is 36.1 Å². The summed E-state index contributed by atoms with van der Waals surface area (Å²) in [5.74, 6) is 0.812. The van der Waals surface area contributed by atoms with Crippen LogP contribution in [0.4, 0.5) is 0 Å². The summed E-state index contributed by atoms with van der Waals surface area (Å²) in [6, 6.07) is 3.81. The quantitative estimate of drug-likeness (QED) is 0.814. The van der Waals surface area contributed by atoms with Crippen LogP contribution in [0, 0.1) is 6.92 Å². The van der Waals surface area contributed by atoms with Crippen LogP contribution in [0.25, 0.3) is 0 Å². The Morgan fingerprint density at radius 3 is 2.83 bits per heavy atom. The molecule has 1 unspecified atom stereocenters. The number of rotatable bonds is 4. The molecule has 0 bridgehead atoms. The van der Waals surface area contributed by atoms with Crippen LogP contribution in [0.2, 0.25) is 0 Å². The number of hydrogen-bond acceptors (Lipinski definition) is 4. The highest BCUT2D eigenvalue weighted by molar-refractivity contribution is 9.09. The van der Waals surface area contributed by atoms with E-state index in [1.54, 1.807) is 11.8 Å². The number of halogens is 1. The minimum atomic E-state index is 0.200. The lowest BCUT2D eigenvalue weighted by atomic mass is 10.3. The van der Waals surface area contributed by atoms with E-state index in [9.17, 15) is 0 Å². The Labute approximate surface area is 114 Å². The van der Waals surface area contributed by atoms with Gasteiger partial charge < -0.3 is 4.74 Å². The average molecular weight is 311 g/mol. The van der Waals surface area contributed by atoms with Crippen molar-refractivity contribution in [2.45, 2.75) is 25.2 Å². The van der Waals surface area contributed by atoms with Gasteiger partial charge in [0.2, 0.25) is 0 Å². The van der Waals surface area contributed by atoms with Gasteiger partial charge in [-0.2, -0.15) is 0 Å². The van der Waals surface area contributed by atoms with E-state index >= 15 is 0 Å². The monoisotopic (exact) mass is 310 g/mol. The van der Waals surface area contributed by atoms with Crippen molar-refractivity contribution in [3.8, 4) is 5.75 Å². The van der Waals surface area contributed by atoms with Crippen molar-refractivity contribution in [3.63, 3.8) is 0 Å². The summed E-state index contributed by atoms with van der Waals surface area (Å²) >= 11 is 3.46. The third kappa shape index (κ3) is 3.07. The van der Waals surface area contributed by atoms with Crippen molar-refractivity contribution in [1.29, 1.82) is 0 Å². The lowest BCUT2D eigenvalue weighted by molar-refractivity contribution is 0.412. The minimum absolute atomic E-state index is 0.200. The van der Waals surface area contributed by atoms with E-state index in [4.69, 9.17) is 4.74 Å². The number of pyridine rings is 1. The molecule has 2 aromatic heterocycles. The van der Waals surface area contributed by atoms with E-state index in [0.717, 1.165) is 22.8 Å². The first kappa shape index (κ1) is 13.0. The predicted octanol–water partition coefficient (Wildman–Crippen LogP) is 2.49. The molecule has 0 aromatic carbocycles. The van der Waals surface area contributed by atoms with Gasteiger partial charge in [-0.3, -0.25) is 4.98 Å². The molecule has 5 nitrogen and oxygen atoms in total. The van der Waals surface area contributed by atoms with Crippen molar-refractivity contribution in [2.75, 3.05) is 7.11 Å². The molecule has 0 N–H and O–H groups in total. The Morgan fingerprint density at radius 1 is 1.44 bits per heavy atom. The fourth-order valence-electron chi connectivity index (χ4n) is 1.64. The van der Waals surface area contributed by atoms with Gasteiger partial charge in [-0.05, 0) is 13.8 Å². The van der Waals surface area contributed by atoms with Crippen LogP contribution in [0.3, 0.4) is 0 Å². The second kappa shape index (κ2) is 5.48. The van der Waals surface area contributed by atoms with E-state index in [-0.39, 0.29) is 4.83 Å². The number of aromatic nitrogens is 4. The maximum Gasteiger partial charge on any atom is 0.122 e. The molecule has 1 atom stereocenters. The molecule has 0 aliphatic carbocycles. The van der Waals surface area contributed by atoms with Crippen molar-refractivity contribution < 1.29 is 4.74 Å². The lowest BCUT2D eigenvalue weighted by Gasteiger charge is -2.05. The molecule has 0 amide bonds. The van der Waals surface area contributed by atoms with Crippen LogP contribution in [-0.4, -0.2) is 27.1 Å². The summed E-state index contributed by atoms with van der Waals surface area (Å²) < 4.78 is 7.00. The molecule has 18 heavy (non-hydrogen) atoms. The van der Waals surface area contributed by atoms with Crippen LogP contribution in [0.1, 0.15) is 28.8 Å². The molecule has 0 saturated heterocycles. The third-order valence-electron chi connectivity index (χ3n) is 2.50. The van der Waals surface area contributed by atoms with Gasteiger partial charge in [-0.15, -0.1) is 5.10 Å². The Bertz CT molecular complexity index is 539. The van der Waals surface area contributed by atoms with Crippen molar-refractivity contribution >= 4 is 15.9 Å². The Morgan fingerprint density at radius 2 is 2.22 bits per heavy atom. The van der Waals surface area contributed by atoms with Gasteiger partial charge in [0.1, 0.15) is 5.75 Å². The average Bonchev–Trinajstić information content (AvgIpc) is 2.76. The maximum atomic E-state index is 5.22. The largest absolute Gasteiger partial charge is 0.497 e. The van der Waals surface area contributed by atoms with E-state index in [0.29, 0.717) is 6.54 Å². The van der Waals surface area contributed by atoms with Crippen LogP contribution < -0.4 is 4.74 Å². The molecular weight excluding hydrogens is 296 g/mol. The summed E-state index contributed by atoms with van der Waals surface area (Å²) in [5, 5.41) is 8.16. The first-order valence-corrected chi connectivity index (χ1v) is 6.55. The molecule has 0 spiro atoms. The zero-order chi connectivity index (χ0) is 13.1. The highest BCUT2D eigenvalue weighted by Crippen LogP contribution is 2.19. The standard InChI is InChI=1S/C12H15BrN4O/c1-8-4-11(18-3)5-10(14-8)6-17-7-12(9(2)13)15-16-17/h4-5,7,9H,6H2,1-3H3. The number of ether oxygens (including phenoxy) is 1. The van der Waals surface area contributed by atoms with E-state index in [1.165, 1.54) is 0 Å². The highest BCUT2D eigenvalue weighted by Gasteiger charge is 2.08. The van der Waals surface area contributed by atoms with Crippen LogP contribution in [0.5, 0.6) is 5.75 Å². The molecule has 2 rings (SSSR count). The van der Waals surface area contributed by atoms with Gasteiger partial charge >= 0.3 is 0 Å². The van der Waals surface area contributed by atoms with Gasteiger partial charge in [0, 0.05) is 17.8 Å².